The summed E-state index contributed by atoms with van der Waals surface area (Å²) in [6.07, 6.45) is 2.17. The number of sulfonamides is 1. The maximum Gasteiger partial charge on any atom is 0.264 e. The second-order valence-electron chi connectivity index (χ2n) is 9.13. The summed E-state index contributed by atoms with van der Waals surface area (Å²) in [5.74, 6) is -0.679. The van der Waals surface area contributed by atoms with Gasteiger partial charge in [-0.1, -0.05) is 48.3 Å². The van der Waals surface area contributed by atoms with Crippen LogP contribution in [0.3, 0.4) is 0 Å². The van der Waals surface area contributed by atoms with Crippen LogP contribution in [-0.4, -0.2) is 57.1 Å². The van der Waals surface area contributed by atoms with Crippen molar-refractivity contribution in [3.63, 3.8) is 0 Å². The molecule has 2 amide bonds. The van der Waals surface area contributed by atoms with Gasteiger partial charge in [-0.2, -0.15) is 0 Å². The molecule has 3 aromatic rings. The van der Waals surface area contributed by atoms with Crippen LogP contribution in [0.5, 0.6) is 5.75 Å². The summed E-state index contributed by atoms with van der Waals surface area (Å²) in [6.45, 7) is 5.29. The zero-order valence-corrected chi connectivity index (χ0v) is 27.1. The number of nitrogens with one attached hydrogen (secondary N) is 1. The molecule has 3 aromatic carbocycles. The lowest BCUT2D eigenvalue weighted by molar-refractivity contribution is -0.140. The van der Waals surface area contributed by atoms with Gasteiger partial charge >= 0.3 is 0 Å². The number of halogens is 2. The van der Waals surface area contributed by atoms with Gasteiger partial charge in [-0.05, 0) is 75.1 Å². The molecule has 0 radical (unpaired) electrons. The zero-order chi connectivity index (χ0) is 30.9. The summed E-state index contributed by atoms with van der Waals surface area (Å²) in [6, 6.07) is 17.1. The lowest BCUT2D eigenvalue weighted by Gasteiger charge is -2.33. The molecule has 0 aromatic heterocycles. The third kappa shape index (κ3) is 7.92. The minimum Gasteiger partial charge on any atom is -0.492 e. The molecule has 0 aliphatic heterocycles. The van der Waals surface area contributed by atoms with E-state index in [1.54, 1.807) is 75.4 Å². The second kappa shape index (κ2) is 15.5. The Hall–Kier alpha value is -2.92. The van der Waals surface area contributed by atoms with Gasteiger partial charge in [0, 0.05) is 33.6 Å². The van der Waals surface area contributed by atoms with Crippen molar-refractivity contribution in [2.24, 2.45) is 0 Å². The molecule has 0 saturated carbocycles. The fourth-order valence-electron chi connectivity index (χ4n) is 4.39. The Labute approximate surface area is 262 Å². The van der Waals surface area contributed by atoms with Crippen LogP contribution < -0.4 is 14.4 Å². The van der Waals surface area contributed by atoms with Gasteiger partial charge in [0.25, 0.3) is 10.0 Å². The molecule has 0 unspecified atom stereocenters. The maximum absolute atomic E-state index is 14.2. The fourth-order valence-corrected chi connectivity index (χ4v) is 6.74. The summed E-state index contributed by atoms with van der Waals surface area (Å²) in [5.41, 5.74) is 0.650. The van der Waals surface area contributed by atoms with Crippen LogP contribution in [0.4, 0.5) is 5.69 Å². The third-order valence-electron chi connectivity index (χ3n) is 6.49. The maximum atomic E-state index is 14.2. The highest BCUT2D eigenvalue weighted by Gasteiger charge is 2.35. The highest BCUT2D eigenvalue weighted by atomic mass is 35.5. The molecule has 3 rings (SSSR count). The van der Waals surface area contributed by atoms with E-state index >= 15 is 0 Å². The Morgan fingerprint density at radius 1 is 0.952 bits per heavy atom. The summed E-state index contributed by atoms with van der Waals surface area (Å²) in [4.78, 5) is 29.6. The quantitative estimate of drug-likeness (QED) is 0.207. The number of benzene rings is 3. The number of thioether (sulfide) groups is 1. The van der Waals surface area contributed by atoms with Crippen LogP contribution in [0, 0.1) is 0 Å². The Bertz CT molecular complexity index is 1470. The SMILES string of the molecule is CCNC(=O)[C@H](CC)N(Cc1c(Cl)cccc1Cl)C(=O)CN(c1ccccc1OCC)S(=O)(=O)c1ccc(SC)cc1. The first-order valence-corrected chi connectivity index (χ1v) is 16.9. The molecule has 226 valence electrons. The number of hydrogen-bond acceptors (Lipinski definition) is 6. The number of nitrogens with zero attached hydrogens (tertiary/aromatic N) is 2. The van der Waals surface area contributed by atoms with Crippen LogP contribution in [0.1, 0.15) is 32.8 Å². The topological polar surface area (TPSA) is 96.0 Å². The van der Waals surface area contributed by atoms with Crippen molar-refractivity contribution in [1.29, 1.82) is 0 Å². The van der Waals surface area contributed by atoms with Crippen molar-refractivity contribution in [2.45, 2.75) is 49.6 Å². The molecule has 0 spiro atoms. The van der Waals surface area contributed by atoms with E-state index in [1.165, 1.54) is 28.8 Å². The van der Waals surface area contributed by atoms with Gasteiger partial charge < -0.3 is 15.0 Å². The number of rotatable bonds is 14. The van der Waals surface area contributed by atoms with Crippen molar-refractivity contribution in [3.8, 4) is 5.75 Å². The van der Waals surface area contributed by atoms with Crippen molar-refractivity contribution >= 4 is 62.5 Å². The van der Waals surface area contributed by atoms with Gasteiger partial charge in [-0.3, -0.25) is 13.9 Å². The van der Waals surface area contributed by atoms with Crippen LogP contribution in [0.2, 0.25) is 10.0 Å². The Morgan fingerprint density at radius 3 is 2.17 bits per heavy atom. The van der Waals surface area contributed by atoms with Crippen molar-refractivity contribution < 1.29 is 22.7 Å². The third-order valence-corrected chi connectivity index (χ3v) is 9.71. The monoisotopic (exact) mass is 651 g/mol. The molecule has 8 nitrogen and oxygen atoms in total. The first-order valence-electron chi connectivity index (χ1n) is 13.5. The van der Waals surface area contributed by atoms with Gasteiger partial charge in [0.05, 0.1) is 17.2 Å². The molecule has 12 heteroatoms. The predicted molar refractivity (Wildman–Crippen MR) is 170 cm³/mol. The smallest absolute Gasteiger partial charge is 0.264 e. The minimum atomic E-state index is -4.26. The number of amides is 2. The molecular formula is C30H35Cl2N3O5S2. The van der Waals surface area contributed by atoms with Crippen LogP contribution in [0.25, 0.3) is 0 Å². The first-order chi connectivity index (χ1) is 20.1. The second-order valence-corrected chi connectivity index (χ2v) is 12.7. The zero-order valence-electron chi connectivity index (χ0n) is 24.0. The normalized spacial score (nSPS) is 12.0. The van der Waals surface area contributed by atoms with E-state index in [2.05, 4.69) is 5.32 Å². The Morgan fingerprint density at radius 2 is 1.60 bits per heavy atom. The average Bonchev–Trinajstić information content (AvgIpc) is 2.98. The van der Waals surface area contributed by atoms with Gasteiger partial charge in [-0.15, -0.1) is 11.8 Å². The molecule has 0 heterocycles. The van der Waals surface area contributed by atoms with Crippen LogP contribution in [0.15, 0.2) is 76.5 Å². The van der Waals surface area contributed by atoms with E-state index in [0.717, 1.165) is 9.20 Å². The molecule has 1 N–H and O–H groups in total. The van der Waals surface area contributed by atoms with Crippen molar-refractivity contribution in [2.75, 3.05) is 30.3 Å². The highest BCUT2D eigenvalue weighted by molar-refractivity contribution is 7.98. The van der Waals surface area contributed by atoms with Crippen molar-refractivity contribution in [3.05, 3.63) is 82.3 Å². The Kier molecular flexibility index (Phi) is 12.4. The van der Waals surface area contributed by atoms with E-state index in [4.69, 9.17) is 27.9 Å². The average molecular weight is 653 g/mol. The van der Waals surface area contributed by atoms with E-state index < -0.39 is 28.5 Å². The molecule has 0 aliphatic rings. The molecular weight excluding hydrogens is 617 g/mol. The molecule has 0 fully saturated rings. The predicted octanol–water partition coefficient (Wildman–Crippen LogP) is 6.25. The molecule has 42 heavy (non-hydrogen) atoms. The van der Waals surface area contributed by atoms with Crippen LogP contribution >= 0.6 is 35.0 Å². The molecule has 0 bridgehead atoms. The number of hydrogen-bond donors (Lipinski definition) is 1. The minimum absolute atomic E-state index is 0.0101. The summed E-state index contributed by atoms with van der Waals surface area (Å²) < 4.78 is 35.1. The van der Waals surface area contributed by atoms with E-state index in [-0.39, 0.29) is 36.1 Å². The first kappa shape index (κ1) is 33.6. The number of carbonyl (C=O) groups is 2. The molecule has 0 aliphatic carbocycles. The molecule has 1 atom stereocenters. The van der Waals surface area contributed by atoms with Gasteiger partial charge in [0.1, 0.15) is 18.3 Å². The summed E-state index contributed by atoms with van der Waals surface area (Å²) >= 11 is 14.4. The summed E-state index contributed by atoms with van der Waals surface area (Å²) in [7, 11) is -4.26. The van der Waals surface area contributed by atoms with Gasteiger partial charge in [0.2, 0.25) is 11.8 Å². The van der Waals surface area contributed by atoms with Crippen LogP contribution in [-0.2, 0) is 26.2 Å². The fraction of sp³-hybridized carbons (Fsp3) is 0.333. The van der Waals surface area contributed by atoms with E-state index in [1.807, 2.05) is 6.26 Å². The van der Waals surface area contributed by atoms with E-state index in [0.29, 0.717) is 27.9 Å². The van der Waals surface area contributed by atoms with Gasteiger partial charge in [0.15, 0.2) is 0 Å². The number of carbonyl (C=O) groups excluding carboxylic acids is 2. The van der Waals surface area contributed by atoms with Gasteiger partial charge in [-0.25, -0.2) is 8.42 Å². The number of para-hydroxylation sites is 2. The number of ether oxygens (including phenoxy) is 1. The standard InChI is InChI=1S/C30H35Cl2N3O5S2/c1-5-26(30(37)33-6-2)34(19-23-24(31)11-10-12-25(23)32)29(36)20-35(27-13-8-9-14-28(27)40-7-3)42(38,39)22-17-15-21(41-4)16-18-22/h8-18,26H,5-7,19-20H2,1-4H3,(H,33,37)/t26-/m0/s1. The van der Waals surface area contributed by atoms with Crippen molar-refractivity contribution in [1.82, 2.24) is 10.2 Å². The molecule has 0 saturated heterocycles. The number of anilines is 1. The number of likely N-dealkylation sites (N-methyl/N-ethyl adjacent to an activating group) is 1. The largest absolute Gasteiger partial charge is 0.492 e. The highest BCUT2D eigenvalue weighted by Crippen LogP contribution is 2.34. The lowest BCUT2D eigenvalue weighted by atomic mass is 10.1. The Balaban J connectivity index is 2.15. The lowest BCUT2D eigenvalue weighted by Crippen LogP contribution is -2.52. The van der Waals surface area contributed by atoms with E-state index in [9.17, 15) is 18.0 Å². The summed E-state index contributed by atoms with van der Waals surface area (Å²) in [5, 5.41) is 3.42.